The Bertz CT molecular complexity index is 533. The summed E-state index contributed by atoms with van der Waals surface area (Å²) in [7, 11) is 1.72. The quantitative estimate of drug-likeness (QED) is 0.922. The molecule has 0 atom stereocenters. The van der Waals surface area contributed by atoms with E-state index in [4.69, 9.17) is 4.74 Å². The molecule has 2 aromatic rings. The monoisotopic (exact) mass is 289 g/mol. The largest absolute Gasteiger partial charge is 0.497 e. The average molecular weight is 289 g/mol. The first-order chi connectivity index (χ1) is 9.85. The van der Waals surface area contributed by atoms with Gasteiger partial charge in [-0.25, -0.2) is 0 Å². The van der Waals surface area contributed by atoms with Gasteiger partial charge in [-0.1, -0.05) is 12.1 Å². The van der Waals surface area contributed by atoms with Crippen molar-refractivity contribution < 1.29 is 9.64 Å². The van der Waals surface area contributed by atoms with Crippen LogP contribution in [0.15, 0.2) is 41.8 Å². The maximum Gasteiger partial charge on any atom is 0.120 e. The van der Waals surface area contributed by atoms with Gasteiger partial charge in [0.05, 0.1) is 38.2 Å². The molecule has 0 amide bonds. The van der Waals surface area contributed by atoms with E-state index >= 15 is 0 Å². The van der Waals surface area contributed by atoms with E-state index in [1.165, 1.54) is 30.2 Å². The summed E-state index contributed by atoms with van der Waals surface area (Å²) in [5, 5.41) is 2.17. The number of nitrogens with one attached hydrogen (secondary N) is 1. The summed E-state index contributed by atoms with van der Waals surface area (Å²) in [5.74, 6) is 0.941. The molecule has 1 aliphatic heterocycles. The third-order valence-electron chi connectivity index (χ3n) is 3.89. The fraction of sp³-hybridized carbons (Fsp3) is 0.375. The Morgan fingerprint density at radius 2 is 2.05 bits per heavy atom. The van der Waals surface area contributed by atoms with Gasteiger partial charge in [0.15, 0.2) is 0 Å². The van der Waals surface area contributed by atoms with Crippen molar-refractivity contribution >= 4 is 17.0 Å². The molecule has 2 heterocycles. The molecule has 20 heavy (non-hydrogen) atoms. The molecule has 0 unspecified atom stereocenters. The molecule has 0 aliphatic carbocycles. The zero-order valence-corrected chi connectivity index (χ0v) is 12.7. The molecule has 1 aromatic heterocycles. The zero-order valence-electron chi connectivity index (χ0n) is 11.8. The minimum absolute atomic E-state index is 0.941. The molecule has 0 spiro atoms. The summed E-state index contributed by atoms with van der Waals surface area (Å²) >= 11 is 1.87. The van der Waals surface area contributed by atoms with Crippen LogP contribution in [0.25, 0.3) is 0 Å². The fourth-order valence-corrected chi connectivity index (χ4v) is 3.50. The lowest BCUT2D eigenvalue weighted by atomic mass is 10.2. The zero-order chi connectivity index (χ0) is 13.8. The van der Waals surface area contributed by atoms with Gasteiger partial charge < -0.3 is 14.5 Å². The standard InChI is InChI=1S/C16H20N2OS/c1-19-15-5-2-4-14(12-15)18-9-7-17(8-10-18)13-16-6-3-11-20-16/h2-6,11-12H,7-10,13H2,1H3/p+1. The van der Waals surface area contributed by atoms with Crippen molar-refractivity contribution in [3.05, 3.63) is 46.7 Å². The van der Waals surface area contributed by atoms with Crippen molar-refractivity contribution in [1.82, 2.24) is 0 Å². The predicted octanol–water partition coefficient (Wildman–Crippen LogP) is 1.66. The Kier molecular flexibility index (Phi) is 4.23. The summed E-state index contributed by atoms with van der Waals surface area (Å²) < 4.78 is 5.31. The first kappa shape index (κ1) is 13.5. The lowest BCUT2D eigenvalue weighted by molar-refractivity contribution is -0.914. The van der Waals surface area contributed by atoms with Crippen molar-refractivity contribution in [3.8, 4) is 5.75 Å². The van der Waals surface area contributed by atoms with Gasteiger partial charge in [0.1, 0.15) is 12.3 Å². The number of nitrogens with zero attached hydrogens (tertiary/aromatic N) is 1. The molecule has 3 nitrogen and oxygen atoms in total. The molecule has 106 valence electrons. The predicted molar refractivity (Wildman–Crippen MR) is 83.9 cm³/mol. The highest BCUT2D eigenvalue weighted by Crippen LogP contribution is 2.20. The van der Waals surface area contributed by atoms with Crippen LogP contribution in [0.4, 0.5) is 5.69 Å². The second-order valence-electron chi connectivity index (χ2n) is 5.19. The summed E-state index contributed by atoms with van der Waals surface area (Å²) in [6.45, 7) is 5.82. The van der Waals surface area contributed by atoms with Crippen LogP contribution < -0.4 is 14.5 Å². The van der Waals surface area contributed by atoms with Crippen LogP contribution in [0.2, 0.25) is 0 Å². The number of thiophene rings is 1. The van der Waals surface area contributed by atoms with Gasteiger partial charge in [0.25, 0.3) is 0 Å². The normalized spacial score (nSPS) is 16.4. The van der Waals surface area contributed by atoms with Crippen LogP contribution in [-0.2, 0) is 6.54 Å². The number of hydrogen-bond donors (Lipinski definition) is 1. The van der Waals surface area contributed by atoms with E-state index in [0.717, 1.165) is 18.8 Å². The highest BCUT2D eigenvalue weighted by Gasteiger charge is 2.20. The van der Waals surface area contributed by atoms with Gasteiger partial charge in [-0.05, 0) is 23.6 Å². The summed E-state index contributed by atoms with van der Waals surface area (Å²) in [6, 6.07) is 12.8. The number of benzene rings is 1. The van der Waals surface area contributed by atoms with E-state index < -0.39 is 0 Å². The van der Waals surface area contributed by atoms with E-state index in [2.05, 4.69) is 40.6 Å². The van der Waals surface area contributed by atoms with Crippen LogP contribution in [0.5, 0.6) is 5.75 Å². The summed E-state index contributed by atoms with van der Waals surface area (Å²) in [5.41, 5.74) is 1.28. The number of rotatable bonds is 4. The minimum atomic E-state index is 0.941. The lowest BCUT2D eigenvalue weighted by Crippen LogP contribution is -3.13. The van der Waals surface area contributed by atoms with Crippen molar-refractivity contribution in [2.24, 2.45) is 0 Å². The molecular formula is C16H21N2OS+. The smallest absolute Gasteiger partial charge is 0.120 e. The lowest BCUT2D eigenvalue weighted by Gasteiger charge is -2.33. The molecule has 1 aliphatic rings. The molecule has 1 saturated heterocycles. The fourth-order valence-electron chi connectivity index (χ4n) is 2.72. The van der Waals surface area contributed by atoms with Crippen LogP contribution in [-0.4, -0.2) is 33.3 Å². The number of quaternary nitrogens is 1. The highest BCUT2D eigenvalue weighted by molar-refractivity contribution is 7.09. The van der Waals surface area contributed by atoms with Crippen LogP contribution in [0.1, 0.15) is 4.88 Å². The Hall–Kier alpha value is -1.52. The molecule has 0 saturated carbocycles. The number of anilines is 1. The van der Waals surface area contributed by atoms with Crippen molar-refractivity contribution in [2.45, 2.75) is 6.54 Å². The van der Waals surface area contributed by atoms with Gasteiger partial charge in [0.2, 0.25) is 0 Å². The Labute approximate surface area is 124 Å². The third kappa shape index (κ3) is 3.14. The van der Waals surface area contributed by atoms with E-state index in [9.17, 15) is 0 Å². The first-order valence-corrected chi connectivity index (χ1v) is 7.98. The Morgan fingerprint density at radius 1 is 1.20 bits per heavy atom. The van der Waals surface area contributed by atoms with Gasteiger partial charge in [-0.2, -0.15) is 0 Å². The van der Waals surface area contributed by atoms with Crippen LogP contribution in [0.3, 0.4) is 0 Å². The molecule has 1 N–H and O–H groups in total. The maximum atomic E-state index is 5.31. The van der Waals surface area contributed by atoms with Gasteiger partial charge in [0, 0.05) is 11.8 Å². The van der Waals surface area contributed by atoms with Crippen molar-refractivity contribution in [3.63, 3.8) is 0 Å². The first-order valence-electron chi connectivity index (χ1n) is 7.10. The third-order valence-corrected chi connectivity index (χ3v) is 4.77. The summed E-state index contributed by atoms with van der Waals surface area (Å²) in [6.07, 6.45) is 0. The Morgan fingerprint density at radius 3 is 2.75 bits per heavy atom. The van der Waals surface area contributed by atoms with E-state index in [-0.39, 0.29) is 0 Å². The van der Waals surface area contributed by atoms with Crippen molar-refractivity contribution in [1.29, 1.82) is 0 Å². The van der Waals surface area contributed by atoms with Crippen LogP contribution >= 0.6 is 11.3 Å². The number of methoxy groups -OCH3 is 1. The molecule has 0 bridgehead atoms. The van der Waals surface area contributed by atoms with E-state index in [0.29, 0.717) is 0 Å². The SMILES string of the molecule is COc1cccc(N2CC[NH+](Cc3cccs3)CC2)c1. The Balaban J connectivity index is 1.57. The summed E-state index contributed by atoms with van der Waals surface area (Å²) in [4.78, 5) is 5.64. The van der Waals surface area contributed by atoms with Crippen LogP contribution in [0, 0.1) is 0 Å². The number of ether oxygens (including phenoxy) is 1. The second kappa shape index (κ2) is 6.29. The highest BCUT2D eigenvalue weighted by atomic mass is 32.1. The van der Waals surface area contributed by atoms with Gasteiger partial charge in [-0.15, -0.1) is 11.3 Å². The van der Waals surface area contributed by atoms with E-state index in [1.54, 1.807) is 12.0 Å². The maximum absolute atomic E-state index is 5.31. The molecular weight excluding hydrogens is 268 g/mol. The molecule has 1 fully saturated rings. The molecule has 1 aromatic carbocycles. The number of hydrogen-bond acceptors (Lipinski definition) is 3. The molecule has 3 rings (SSSR count). The minimum Gasteiger partial charge on any atom is -0.497 e. The van der Waals surface area contributed by atoms with E-state index in [1.807, 2.05) is 17.4 Å². The topological polar surface area (TPSA) is 16.9 Å². The average Bonchev–Trinajstić information content (AvgIpc) is 3.01. The molecule has 0 radical (unpaired) electrons. The van der Waals surface area contributed by atoms with Gasteiger partial charge in [-0.3, -0.25) is 0 Å². The van der Waals surface area contributed by atoms with Gasteiger partial charge >= 0.3 is 0 Å². The number of piperazine rings is 1. The second-order valence-corrected chi connectivity index (χ2v) is 6.23. The van der Waals surface area contributed by atoms with Crippen molar-refractivity contribution in [2.75, 3.05) is 38.2 Å². The molecule has 4 heteroatoms.